The van der Waals surface area contributed by atoms with E-state index in [4.69, 9.17) is 10.2 Å². The third kappa shape index (κ3) is 1.72. The number of carbonyl (C=O) groups is 2. The maximum atomic E-state index is 13.3. The Hall–Kier alpha value is -1.44. The topological polar surface area (TPSA) is 87.1 Å². The molecule has 0 saturated carbocycles. The molecule has 1 rings (SSSR count). The molecular weight excluding hydrogens is 216 g/mol. The van der Waals surface area contributed by atoms with Crippen molar-refractivity contribution in [1.82, 2.24) is 4.90 Å². The van der Waals surface area contributed by atoms with Gasteiger partial charge in [-0.15, -0.1) is 0 Å². The molecule has 4 atom stereocenters. The summed E-state index contributed by atoms with van der Waals surface area (Å²) in [6.45, 7) is 0. The van der Waals surface area contributed by atoms with Crippen LogP contribution >= 0.6 is 0 Å². The van der Waals surface area contributed by atoms with Crippen LogP contribution in [0.3, 0.4) is 0 Å². The van der Waals surface area contributed by atoms with Crippen molar-refractivity contribution in [3.63, 3.8) is 0 Å². The molecule has 8 heteroatoms. The van der Waals surface area contributed by atoms with Gasteiger partial charge in [0.15, 0.2) is 12.2 Å². The van der Waals surface area contributed by atoms with E-state index in [2.05, 4.69) is 4.74 Å². The lowest BCUT2D eigenvalue weighted by Crippen LogP contribution is -2.45. The summed E-state index contributed by atoms with van der Waals surface area (Å²) >= 11 is 0. The van der Waals surface area contributed by atoms with Crippen LogP contribution in [0.5, 0.6) is 0 Å². The maximum Gasteiger partial charge on any atom is 0.410 e. The van der Waals surface area contributed by atoms with E-state index in [0.717, 1.165) is 7.11 Å². The first-order valence-electron chi connectivity index (χ1n) is 3.96. The lowest BCUT2D eigenvalue weighted by atomic mass is 10.1. The fraction of sp³-hybridized carbons (Fsp3) is 0.714. The zero-order valence-corrected chi connectivity index (χ0v) is 7.63. The number of hydrogen-bond donors (Lipinski definition) is 2. The van der Waals surface area contributed by atoms with Gasteiger partial charge in [-0.3, -0.25) is 4.90 Å². The van der Waals surface area contributed by atoms with E-state index in [9.17, 15) is 18.4 Å². The van der Waals surface area contributed by atoms with Gasteiger partial charge in [0.2, 0.25) is 6.30 Å². The van der Waals surface area contributed by atoms with Crippen LogP contribution in [-0.2, 0) is 9.53 Å². The molecule has 0 aliphatic carbocycles. The van der Waals surface area contributed by atoms with Gasteiger partial charge in [-0.1, -0.05) is 0 Å². The van der Waals surface area contributed by atoms with Crippen molar-refractivity contribution in [2.45, 2.75) is 24.6 Å². The Bertz CT molecular complexity index is 261. The van der Waals surface area contributed by atoms with Crippen LogP contribution in [0.4, 0.5) is 13.6 Å². The lowest BCUT2D eigenvalue weighted by molar-refractivity contribution is -0.144. The summed E-state index contributed by atoms with van der Waals surface area (Å²) in [6, 6.07) is -2.07. The van der Waals surface area contributed by atoms with Crippen molar-refractivity contribution in [2.75, 3.05) is 7.11 Å². The van der Waals surface area contributed by atoms with Gasteiger partial charge in [-0.2, -0.15) is 0 Å². The normalized spacial score (nSPS) is 35.5. The average Bonchev–Trinajstić information content (AvgIpc) is 2.37. The highest BCUT2D eigenvalue weighted by Crippen LogP contribution is 2.30. The van der Waals surface area contributed by atoms with Gasteiger partial charge in [-0.25, -0.2) is 18.4 Å². The predicted octanol–water partition coefficient (Wildman–Crippen LogP) is 0.0819. The molecule has 4 unspecified atom stereocenters. The van der Waals surface area contributed by atoms with Crippen LogP contribution in [0.1, 0.15) is 0 Å². The van der Waals surface area contributed by atoms with Crippen LogP contribution in [0.2, 0.25) is 0 Å². The zero-order valence-electron chi connectivity index (χ0n) is 7.63. The molecular formula is C7H9F2NO5. The number of ether oxygens (including phenoxy) is 1. The number of amides is 1. The van der Waals surface area contributed by atoms with Crippen LogP contribution in [0.15, 0.2) is 0 Å². The fourth-order valence-electron chi connectivity index (χ4n) is 1.52. The molecule has 0 aromatic rings. The number of halogens is 2. The van der Waals surface area contributed by atoms with Crippen LogP contribution < -0.4 is 0 Å². The van der Waals surface area contributed by atoms with E-state index in [1.807, 2.05) is 0 Å². The molecule has 1 aliphatic heterocycles. The molecule has 6 nitrogen and oxygen atoms in total. The van der Waals surface area contributed by atoms with Crippen LogP contribution in [-0.4, -0.2) is 58.9 Å². The van der Waals surface area contributed by atoms with Crippen molar-refractivity contribution >= 4 is 12.1 Å². The Labute approximate surface area is 83.0 Å². The van der Waals surface area contributed by atoms with Crippen molar-refractivity contribution in [1.29, 1.82) is 0 Å². The summed E-state index contributed by atoms with van der Waals surface area (Å²) in [7, 11) is 0.980. The van der Waals surface area contributed by atoms with Gasteiger partial charge < -0.3 is 14.9 Å². The quantitative estimate of drug-likeness (QED) is 0.650. The fourth-order valence-corrected chi connectivity index (χ4v) is 1.52. The largest absolute Gasteiger partial charge is 0.480 e. The molecule has 0 aromatic heterocycles. The zero-order chi connectivity index (χ0) is 11.7. The van der Waals surface area contributed by atoms with E-state index in [-0.39, 0.29) is 4.90 Å². The third-order valence-electron chi connectivity index (χ3n) is 2.20. The summed E-state index contributed by atoms with van der Waals surface area (Å²) in [4.78, 5) is 21.0. The molecule has 0 aromatic carbocycles. The number of carboxylic acids is 1. The Morgan fingerprint density at radius 3 is 2.13 bits per heavy atom. The van der Waals surface area contributed by atoms with Gasteiger partial charge in [-0.05, 0) is 0 Å². The number of likely N-dealkylation sites (tertiary alicyclic amines) is 1. The Morgan fingerprint density at radius 2 is 1.87 bits per heavy atom. The van der Waals surface area contributed by atoms with Crippen LogP contribution in [0, 0.1) is 0 Å². The summed E-state index contributed by atoms with van der Waals surface area (Å²) in [6.07, 6.45) is -8.08. The molecule has 2 N–H and O–H groups in total. The molecule has 1 saturated heterocycles. The first-order chi connectivity index (χ1) is 6.91. The molecule has 15 heavy (non-hydrogen) atoms. The molecule has 1 fully saturated rings. The predicted molar refractivity (Wildman–Crippen MR) is 41.9 cm³/mol. The monoisotopic (exact) mass is 225 g/mol. The van der Waals surface area contributed by atoms with Crippen molar-refractivity contribution < 1.29 is 33.3 Å². The van der Waals surface area contributed by atoms with Gasteiger partial charge in [0.25, 0.3) is 0 Å². The first-order valence-corrected chi connectivity index (χ1v) is 3.96. The minimum Gasteiger partial charge on any atom is -0.480 e. The summed E-state index contributed by atoms with van der Waals surface area (Å²) < 4.78 is 31.0. The smallest absolute Gasteiger partial charge is 0.410 e. The van der Waals surface area contributed by atoms with Gasteiger partial charge in [0.1, 0.15) is 6.10 Å². The minimum atomic E-state index is -2.32. The Kier molecular flexibility index (Phi) is 3.08. The molecule has 0 spiro atoms. The number of methoxy groups -OCH3 is 1. The molecule has 1 aliphatic rings. The number of carboxylic acid groups (broad SMARTS) is 2. The van der Waals surface area contributed by atoms with E-state index >= 15 is 0 Å². The highest BCUT2D eigenvalue weighted by atomic mass is 19.2. The highest BCUT2D eigenvalue weighted by molar-refractivity contribution is 5.81. The van der Waals surface area contributed by atoms with E-state index in [1.165, 1.54) is 0 Å². The molecule has 0 bridgehead atoms. The van der Waals surface area contributed by atoms with Gasteiger partial charge in [0.05, 0.1) is 0 Å². The summed E-state index contributed by atoms with van der Waals surface area (Å²) in [5.74, 6) is -1.74. The standard InChI is InChI=1S/C7H9F2NO5/c1-15-4-2(8)3(6(11)12)10(5(4)9)7(13)14/h2-5H,1H3,(H,11,12)(H,13,14). The lowest BCUT2D eigenvalue weighted by Gasteiger charge is -2.19. The van der Waals surface area contributed by atoms with Crippen molar-refractivity contribution in [3.05, 3.63) is 0 Å². The summed E-state index contributed by atoms with van der Waals surface area (Å²) in [5.41, 5.74) is 0. The number of hydrogen-bond acceptors (Lipinski definition) is 3. The average molecular weight is 225 g/mol. The molecule has 0 radical (unpaired) electrons. The number of alkyl halides is 2. The number of aliphatic carboxylic acids is 1. The molecule has 1 amide bonds. The second-order valence-corrected chi connectivity index (χ2v) is 2.99. The van der Waals surface area contributed by atoms with Crippen LogP contribution in [0.25, 0.3) is 0 Å². The third-order valence-corrected chi connectivity index (χ3v) is 2.20. The van der Waals surface area contributed by atoms with E-state index in [1.54, 1.807) is 0 Å². The Balaban J connectivity index is 3.03. The van der Waals surface area contributed by atoms with Gasteiger partial charge in [0, 0.05) is 7.11 Å². The van der Waals surface area contributed by atoms with E-state index < -0.39 is 36.7 Å². The second-order valence-electron chi connectivity index (χ2n) is 2.99. The second kappa shape index (κ2) is 3.97. The van der Waals surface area contributed by atoms with E-state index in [0.29, 0.717) is 0 Å². The SMILES string of the molecule is COC1C(F)C(C(=O)O)N(C(=O)O)C1F. The summed E-state index contributed by atoms with van der Waals surface area (Å²) in [5, 5.41) is 17.1. The number of nitrogens with zero attached hydrogens (tertiary/aromatic N) is 1. The number of rotatable bonds is 2. The minimum absolute atomic E-state index is 0.0961. The van der Waals surface area contributed by atoms with Crippen molar-refractivity contribution in [2.24, 2.45) is 0 Å². The molecule has 1 heterocycles. The maximum absolute atomic E-state index is 13.3. The highest BCUT2D eigenvalue weighted by Gasteiger charge is 2.56. The first kappa shape index (κ1) is 11.6. The Morgan fingerprint density at radius 1 is 1.33 bits per heavy atom. The van der Waals surface area contributed by atoms with Gasteiger partial charge >= 0.3 is 12.1 Å². The molecule has 86 valence electrons. The van der Waals surface area contributed by atoms with Crippen molar-refractivity contribution in [3.8, 4) is 0 Å².